The van der Waals surface area contributed by atoms with E-state index in [-0.39, 0.29) is 26.4 Å². The number of halogens is 5. The second kappa shape index (κ2) is 6.47. The summed E-state index contributed by atoms with van der Waals surface area (Å²) in [5, 5.41) is 4.99. The molecule has 0 spiro atoms. The molecule has 0 radical (unpaired) electrons. The summed E-state index contributed by atoms with van der Waals surface area (Å²) in [4.78, 5) is 11.8. The molecule has 0 aliphatic heterocycles. The zero-order chi connectivity index (χ0) is 15.6. The lowest BCUT2D eigenvalue weighted by atomic mass is 10.3. The Bertz CT molecular complexity index is 710. The number of rotatable bonds is 2. The lowest BCUT2D eigenvalue weighted by molar-refractivity contribution is 0.262. The van der Waals surface area contributed by atoms with E-state index >= 15 is 0 Å². The van der Waals surface area contributed by atoms with Crippen LogP contribution in [0.1, 0.15) is 0 Å². The summed E-state index contributed by atoms with van der Waals surface area (Å²) in [5.41, 5.74) is 0.187. The number of carbonyl (C=O) groups excluding carboxylic acids is 1. The number of carbonyl (C=O) groups is 1. The molecule has 0 fully saturated rings. The van der Waals surface area contributed by atoms with Crippen molar-refractivity contribution in [1.82, 2.24) is 0 Å². The van der Waals surface area contributed by atoms with E-state index < -0.39 is 17.7 Å². The van der Waals surface area contributed by atoms with Crippen molar-refractivity contribution in [3.8, 4) is 0 Å². The van der Waals surface area contributed by atoms with Gasteiger partial charge in [0, 0.05) is 6.07 Å². The summed E-state index contributed by atoms with van der Waals surface area (Å²) in [5.74, 6) is -2.24. The number of nitrogens with one attached hydrogen (secondary N) is 2. The fraction of sp³-hybridized carbons (Fsp3) is 0. The Morgan fingerprint density at radius 3 is 2.24 bits per heavy atom. The van der Waals surface area contributed by atoms with Gasteiger partial charge in [0.05, 0.1) is 26.4 Å². The van der Waals surface area contributed by atoms with E-state index in [0.29, 0.717) is 0 Å². The summed E-state index contributed by atoms with van der Waals surface area (Å²) < 4.78 is 26.0. The molecule has 110 valence electrons. The van der Waals surface area contributed by atoms with E-state index in [2.05, 4.69) is 10.6 Å². The maximum absolute atomic E-state index is 13.1. The maximum atomic E-state index is 13.1. The first-order valence-corrected chi connectivity index (χ1v) is 6.68. The van der Waals surface area contributed by atoms with Gasteiger partial charge in [-0.2, -0.15) is 0 Å². The van der Waals surface area contributed by atoms with E-state index in [0.717, 1.165) is 12.1 Å². The molecule has 2 aromatic carbocycles. The zero-order valence-corrected chi connectivity index (χ0v) is 12.5. The van der Waals surface area contributed by atoms with Gasteiger partial charge in [0.25, 0.3) is 0 Å². The van der Waals surface area contributed by atoms with Crippen LogP contribution in [0, 0.1) is 11.6 Å². The number of hydrogen-bond donors (Lipinski definition) is 2. The Morgan fingerprint density at radius 2 is 1.52 bits per heavy atom. The molecule has 2 rings (SSSR count). The van der Waals surface area contributed by atoms with Gasteiger partial charge in [0.1, 0.15) is 0 Å². The molecule has 0 aromatic heterocycles. The van der Waals surface area contributed by atoms with Gasteiger partial charge in [0.15, 0.2) is 11.6 Å². The van der Waals surface area contributed by atoms with Crippen LogP contribution in [-0.4, -0.2) is 6.03 Å². The molecule has 2 amide bonds. The average Bonchev–Trinajstić information content (AvgIpc) is 2.41. The third-order valence-corrected chi connectivity index (χ3v) is 3.59. The lowest BCUT2D eigenvalue weighted by Gasteiger charge is -2.11. The van der Waals surface area contributed by atoms with Gasteiger partial charge < -0.3 is 10.6 Å². The Hall–Kier alpha value is -1.56. The summed E-state index contributed by atoms with van der Waals surface area (Å²) in [6.07, 6.45) is 0. The number of hydrogen-bond acceptors (Lipinski definition) is 1. The highest BCUT2D eigenvalue weighted by Gasteiger charge is 2.12. The normalized spacial score (nSPS) is 10.3. The predicted molar refractivity (Wildman–Crippen MR) is 80.5 cm³/mol. The molecular formula is C13H7Cl3F2N2O. The van der Waals surface area contributed by atoms with Crippen molar-refractivity contribution in [3.05, 3.63) is 57.0 Å². The Morgan fingerprint density at radius 1 is 0.905 bits per heavy atom. The highest BCUT2D eigenvalue weighted by molar-refractivity contribution is 6.44. The van der Waals surface area contributed by atoms with Gasteiger partial charge in [-0.15, -0.1) is 0 Å². The van der Waals surface area contributed by atoms with Crippen molar-refractivity contribution in [2.24, 2.45) is 0 Å². The molecule has 0 aliphatic carbocycles. The third-order valence-electron chi connectivity index (χ3n) is 2.46. The van der Waals surface area contributed by atoms with Crippen molar-refractivity contribution in [2.45, 2.75) is 0 Å². The van der Waals surface area contributed by atoms with Gasteiger partial charge >= 0.3 is 6.03 Å². The molecule has 0 saturated heterocycles. The van der Waals surface area contributed by atoms with Gasteiger partial charge in [-0.3, -0.25) is 0 Å². The average molecular weight is 352 g/mol. The Labute approximate surface area is 133 Å². The first-order chi connectivity index (χ1) is 9.88. The molecule has 0 heterocycles. The molecule has 3 nitrogen and oxygen atoms in total. The predicted octanol–water partition coefficient (Wildman–Crippen LogP) is 5.57. The molecule has 0 bridgehead atoms. The number of anilines is 2. The topological polar surface area (TPSA) is 41.1 Å². The van der Waals surface area contributed by atoms with Crippen LogP contribution in [0.25, 0.3) is 0 Å². The number of amides is 2. The minimum absolute atomic E-state index is 0.0776. The largest absolute Gasteiger partial charge is 0.323 e. The van der Waals surface area contributed by atoms with Crippen LogP contribution < -0.4 is 10.6 Å². The summed E-state index contributed by atoms with van der Waals surface area (Å²) >= 11 is 17.4. The smallest absolute Gasteiger partial charge is 0.306 e. The van der Waals surface area contributed by atoms with Crippen molar-refractivity contribution in [2.75, 3.05) is 10.6 Å². The van der Waals surface area contributed by atoms with Crippen molar-refractivity contribution >= 4 is 52.2 Å². The van der Waals surface area contributed by atoms with Crippen LogP contribution in [0.15, 0.2) is 30.3 Å². The minimum Gasteiger partial charge on any atom is -0.306 e. The first-order valence-electron chi connectivity index (χ1n) is 5.55. The molecule has 21 heavy (non-hydrogen) atoms. The van der Waals surface area contributed by atoms with E-state index in [4.69, 9.17) is 34.8 Å². The molecule has 2 N–H and O–H groups in total. The molecular weight excluding hydrogens is 345 g/mol. The SMILES string of the molecule is O=C(Nc1cc(F)c(F)cc1Cl)Nc1cccc(Cl)c1Cl. The monoisotopic (exact) mass is 350 g/mol. The van der Waals surface area contributed by atoms with Crippen molar-refractivity contribution in [1.29, 1.82) is 0 Å². The second-order valence-electron chi connectivity index (χ2n) is 3.93. The van der Waals surface area contributed by atoms with Crippen LogP contribution in [0.2, 0.25) is 15.1 Å². The Kier molecular flexibility index (Phi) is 4.88. The highest BCUT2D eigenvalue weighted by Crippen LogP contribution is 2.30. The fourth-order valence-electron chi connectivity index (χ4n) is 1.49. The Balaban J connectivity index is 2.16. The number of urea groups is 1. The van der Waals surface area contributed by atoms with Crippen molar-refractivity contribution in [3.63, 3.8) is 0 Å². The fourth-order valence-corrected chi connectivity index (χ4v) is 2.04. The van der Waals surface area contributed by atoms with Crippen LogP contribution in [0.5, 0.6) is 0 Å². The molecule has 8 heteroatoms. The van der Waals surface area contributed by atoms with Gasteiger partial charge in [0.2, 0.25) is 0 Å². The minimum atomic E-state index is -1.13. The van der Waals surface area contributed by atoms with E-state index in [9.17, 15) is 13.6 Å². The van der Waals surface area contributed by atoms with Crippen LogP contribution in [0.3, 0.4) is 0 Å². The summed E-state index contributed by atoms with van der Waals surface area (Å²) in [7, 11) is 0. The maximum Gasteiger partial charge on any atom is 0.323 e. The van der Waals surface area contributed by atoms with Crippen LogP contribution in [0.4, 0.5) is 25.0 Å². The van der Waals surface area contributed by atoms with Crippen LogP contribution in [-0.2, 0) is 0 Å². The molecule has 0 saturated carbocycles. The molecule has 0 atom stereocenters. The summed E-state index contributed by atoms with van der Waals surface area (Å²) in [6.45, 7) is 0. The standard InChI is InChI=1S/C13H7Cl3F2N2O/c14-6-2-1-3-10(12(6)16)19-13(21)20-11-5-9(18)8(17)4-7(11)15/h1-5H,(H2,19,20,21). The summed E-state index contributed by atoms with van der Waals surface area (Å²) in [6, 6.07) is 5.48. The number of benzene rings is 2. The lowest BCUT2D eigenvalue weighted by Crippen LogP contribution is -2.20. The third kappa shape index (κ3) is 3.75. The van der Waals surface area contributed by atoms with Crippen LogP contribution >= 0.6 is 34.8 Å². The second-order valence-corrected chi connectivity index (χ2v) is 5.12. The van der Waals surface area contributed by atoms with Crippen molar-refractivity contribution < 1.29 is 13.6 Å². The van der Waals surface area contributed by atoms with E-state index in [1.807, 2.05) is 0 Å². The zero-order valence-electron chi connectivity index (χ0n) is 10.2. The molecule has 0 unspecified atom stereocenters. The van der Waals surface area contributed by atoms with Gasteiger partial charge in [-0.25, -0.2) is 13.6 Å². The highest BCUT2D eigenvalue weighted by atomic mass is 35.5. The first kappa shape index (κ1) is 15.8. The van der Waals surface area contributed by atoms with Gasteiger partial charge in [-0.05, 0) is 18.2 Å². The van der Waals surface area contributed by atoms with E-state index in [1.54, 1.807) is 12.1 Å². The molecule has 0 aliphatic rings. The molecule has 2 aromatic rings. The quantitative estimate of drug-likeness (QED) is 0.682. The van der Waals surface area contributed by atoms with Gasteiger partial charge in [-0.1, -0.05) is 40.9 Å². The van der Waals surface area contributed by atoms with E-state index in [1.165, 1.54) is 6.07 Å².